The third-order valence-electron chi connectivity index (χ3n) is 5.83. The monoisotopic (exact) mass is 521 g/mol. The average Bonchev–Trinajstić information content (AvgIpc) is 3.60. The number of nitrogens with zero attached hydrogens (tertiary/aromatic N) is 1. The number of carbonyl (C=O) groups is 1. The quantitative estimate of drug-likeness (QED) is 0.416. The van der Waals surface area contributed by atoms with Gasteiger partial charge in [0.15, 0.2) is 6.29 Å². The summed E-state index contributed by atoms with van der Waals surface area (Å²) >= 11 is 2.24. The van der Waals surface area contributed by atoms with E-state index in [1.54, 1.807) is 0 Å². The van der Waals surface area contributed by atoms with Crippen molar-refractivity contribution < 1.29 is 19.4 Å². The van der Waals surface area contributed by atoms with E-state index in [2.05, 4.69) is 22.6 Å². The lowest BCUT2D eigenvalue weighted by Crippen LogP contribution is -2.52. The number of hydrogen-bond donors (Lipinski definition) is 1. The van der Waals surface area contributed by atoms with Crippen molar-refractivity contribution in [2.45, 2.75) is 61.2 Å². The summed E-state index contributed by atoms with van der Waals surface area (Å²) in [4.78, 5) is 15.1. The Morgan fingerprint density at radius 3 is 2.27 bits per heavy atom. The SMILES string of the molecule is O=C(OCc1ccccc1)N(Cc1ccccc1)[C@H](C1CC1)[C@@H]1CC[C@@H](I)[C@H](O)O1. The van der Waals surface area contributed by atoms with Gasteiger partial charge in [-0.1, -0.05) is 83.3 Å². The number of carbonyl (C=O) groups excluding carboxylic acids is 1. The summed E-state index contributed by atoms with van der Waals surface area (Å²) < 4.78 is 11.8. The summed E-state index contributed by atoms with van der Waals surface area (Å²) in [6.07, 6.45) is 2.58. The third-order valence-corrected chi connectivity index (χ3v) is 7.07. The predicted octanol–water partition coefficient (Wildman–Crippen LogP) is 4.91. The number of hydrogen-bond acceptors (Lipinski definition) is 4. The first-order chi connectivity index (χ1) is 14.6. The normalized spacial score (nSPS) is 24.8. The molecular formula is C24H28INO4. The van der Waals surface area contributed by atoms with Crippen molar-refractivity contribution in [3.63, 3.8) is 0 Å². The van der Waals surface area contributed by atoms with E-state index in [4.69, 9.17) is 9.47 Å². The minimum atomic E-state index is -0.787. The molecule has 1 saturated heterocycles. The van der Waals surface area contributed by atoms with Gasteiger partial charge in [-0.3, -0.25) is 4.90 Å². The van der Waals surface area contributed by atoms with Gasteiger partial charge in [-0.05, 0) is 42.7 Å². The van der Waals surface area contributed by atoms with Gasteiger partial charge in [0.25, 0.3) is 0 Å². The van der Waals surface area contributed by atoms with Gasteiger partial charge in [-0.25, -0.2) is 4.79 Å². The van der Waals surface area contributed by atoms with E-state index in [0.717, 1.165) is 36.8 Å². The average molecular weight is 521 g/mol. The first-order valence-corrected chi connectivity index (χ1v) is 11.8. The van der Waals surface area contributed by atoms with Gasteiger partial charge in [0.2, 0.25) is 0 Å². The predicted molar refractivity (Wildman–Crippen MR) is 123 cm³/mol. The zero-order valence-corrected chi connectivity index (χ0v) is 19.1. The lowest BCUT2D eigenvalue weighted by atomic mass is 9.96. The Balaban J connectivity index is 1.54. The van der Waals surface area contributed by atoms with Crippen LogP contribution in [0.5, 0.6) is 0 Å². The van der Waals surface area contributed by atoms with Crippen LogP contribution in [0.1, 0.15) is 36.8 Å². The van der Waals surface area contributed by atoms with Crippen molar-refractivity contribution in [1.29, 1.82) is 0 Å². The van der Waals surface area contributed by atoms with E-state index in [-0.39, 0.29) is 28.8 Å². The summed E-state index contributed by atoms with van der Waals surface area (Å²) in [5.74, 6) is 0.390. The number of benzene rings is 2. The minimum absolute atomic E-state index is 0.0892. The molecule has 1 aliphatic heterocycles. The summed E-state index contributed by atoms with van der Waals surface area (Å²) in [5.41, 5.74) is 2.02. The molecule has 6 heteroatoms. The van der Waals surface area contributed by atoms with Gasteiger partial charge < -0.3 is 14.6 Å². The molecule has 0 radical (unpaired) electrons. The van der Waals surface area contributed by atoms with E-state index in [9.17, 15) is 9.90 Å². The van der Waals surface area contributed by atoms with Crippen LogP contribution in [0.2, 0.25) is 0 Å². The van der Waals surface area contributed by atoms with E-state index >= 15 is 0 Å². The number of rotatable bonds is 7. The van der Waals surface area contributed by atoms with E-state index in [1.165, 1.54) is 0 Å². The van der Waals surface area contributed by atoms with Crippen LogP contribution < -0.4 is 0 Å². The van der Waals surface area contributed by atoms with Crippen molar-refractivity contribution in [2.24, 2.45) is 5.92 Å². The molecule has 0 unspecified atom stereocenters. The molecule has 2 aromatic carbocycles. The number of ether oxygens (including phenoxy) is 2. The first-order valence-electron chi connectivity index (χ1n) is 10.6. The molecule has 2 fully saturated rings. The van der Waals surface area contributed by atoms with Crippen molar-refractivity contribution in [3.8, 4) is 0 Å². The molecule has 160 valence electrons. The molecule has 0 bridgehead atoms. The zero-order valence-electron chi connectivity index (χ0n) is 16.9. The maximum absolute atomic E-state index is 13.3. The number of halogens is 1. The summed E-state index contributed by atoms with van der Waals surface area (Å²) in [6.45, 7) is 0.714. The number of alkyl halides is 1. The maximum Gasteiger partial charge on any atom is 0.410 e. The van der Waals surface area contributed by atoms with E-state index in [0.29, 0.717) is 12.5 Å². The Kier molecular flexibility index (Phi) is 7.28. The minimum Gasteiger partial charge on any atom is -0.445 e. The highest BCUT2D eigenvalue weighted by Crippen LogP contribution is 2.41. The Bertz CT molecular complexity index is 814. The smallest absolute Gasteiger partial charge is 0.410 e. The highest BCUT2D eigenvalue weighted by molar-refractivity contribution is 14.1. The summed E-state index contributed by atoms with van der Waals surface area (Å²) in [7, 11) is 0. The van der Waals surface area contributed by atoms with Crippen LogP contribution in [-0.2, 0) is 22.6 Å². The summed E-state index contributed by atoms with van der Waals surface area (Å²) in [5, 5.41) is 10.3. The third kappa shape index (κ3) is 5.53. The molecule has 5 nitrogen and oxygen atoms in total. The van der Waals surface area contributed by atoms with Gasteiger partial charge in [0, 0.05) is 6.54 Å². The van der Waals surface area contributed by atoms with Gasteiger partial charge in [-0.2, -0.15) is 0 Å². The van der Waals surface area contributed by atoms with Crippen molar-refractivity contribution in [3.05, 3.63) is 71.8 Å². The first kappa shape index (κ1) is 21.6. The summed E-state index contributed by atoms with van der Waals surface area (Å²) in [6, 6.07) is 19.6. The highest BCUT2D eigenvalue weighted by Gasteiger charge is 2.46. The van der Waals surface area contributed by atoms with Gasteiger partial charge >= 0.3 is 6.09 Å². The molecule has 1 aliphatic carbocycles. The second kappa shape index (κ2) is 10.1. The second-order valence-electron chi connectivity index (χ2n) is 8.14. The lowest BCUT2D eigenvalue weighted by molar-refractivity contribution is -0.175. The Hall–Kier alpha value is -1.64. The maximum atomic E-state index is 13.3. The fourth-order valence-corrected chi connectivity index (χ4v) is 4.65. The zero-order chi connectivity index (χ0) is 20.9. The molecule has 2 aromatic rings. The number of aliphatic hydroxyl groups is 1. The Labute approximate surface area is 191 Å². The van der Waals surface area contributed by atoms with Crippen LogP contribution in [-0.4, -0.2) is 38.5 Å². The Morgan fingerprint density at radius 1 is 1.03 bits per heavy atom. The van der Waals surface area contributed by atoms with E-state index in [1.807, 2.05) is 65.6 Å². The van der Waals surface area contributed by atoms with Gasteiger partial charge in [0.1, 0.15) is 6.61 Å². The van der Waals surface area contributed by atoms with Crippen LogP contribution in [0.4, 0.5) is 4.79 Å². The largest absolute Gasteiger partial charge is 0.445 e. The van der Waals surface area contributed by atoms with E-state index < -0.39 is 6.29 Å². The van der Waals surface area contributed by atoms with Crippen LogP contribution >= 0.6 is 22.6 Å². The molecule has 1 heterocycles. The van der Waals surface area contributed by atoms with Crippen LogP contribution in [0.15, 0.2) is 60.7 Å². The molecule has 4 atom stereocenters. The van der Waals surface area contributed by atoms with Crippen molar-refractivity contribution in [2.75, 3.05) is 0 Å². The topological polar surface area (TPSA) is 59.0 Å². The lowest BCUT2D eigenvalue weighted by Gasteiger charge is -2.40. The number of amides is 1. The fraction of sp³-hybridized carbons (Fsp3) is 0.458. The Morgan fingerprint density at radius 2 is 1.67 bits per heavy atom. The van der Waals surface area contributed by atoms with Crippen molar-refractivity contribution in [1.82, 2.24) is 4.90 Å². The molecule has 1 saturated carbocycles. The van der Waals surface area contributed by atoms with Gasteiger partial charge in [0.05, 0.1) is 16.1 Å². The molecular weight excluding hydrogens is 493 g/mol. The molecule has 30 heavy (non-hydrogen) atoms. The van der Waals surface area contributed by atoms with Crippen LogP contribution in [0.3, 0.4) is 0 Å². The molecule has 1 amide bonds. The van der Waals surface area contributed by atoms with Crippen LogP contribution in [0, 0.1) is 5.92 Å². The van der Waals surface area contributed by atoms with Crippen molar-refractivity contribution >= 4 is 28.7 Å². The fourth-order valence-electron chi connectivity index (χ4n) is 4.12. The molecule has 4 rings (SSSR count). The van der Waals surface area contributed by atoms with Gasteiger partial charge in [-0.15, -0.1) is 0 Å². The molecule has 2 aliphatic rings. The van der Waals surface area contributed by atoms with Crippen LogP contribution in [0.25, 0.3) is 0 Å². The standard InChI is InChI=1S/C24H28INO4/c25-20-13-14-21(30-23(20)27)22(19-11-12-19)26(15-17-7-3-1-4-8-17)24(28)29-16-18-9-5-2-6-10-18/h1-10,19-23,27H,11-16H2/t20-,21+,22-,23-/m1/s1. The molecule has 1 N–H and O–H groups in total. The molecule has 0 spiro atoms. The number of aliphatic hydroxyl groups excluding tert-OH is 1. The second-order valence-corrected chi connectivity index (χ2v) is 9.74. The molecule has 0 aromatic heterocycles. The highest BCUT2D eigenvalue weighted by atomic mass is 127.